The van der Waals surface area contributed by atoms with Crippen LogP contribution in [0.3, 0.4) is 0 Å². The fourth-order valence-corrected chi connectivity index (χ4v) is 8.48. The van der Waals surface area contributed by atoms with Crippen LogP contribution in [0.4, 0.5) is 10.1 Å². The Hall–Kier alpha value is -2.08. The Morgan fingerprint density at radius 2 is 1.95 bits per heavy atom. The molecule has 3 aliphatic rings. The molecule has 0 spiro atoms. The summed E-state index contributed by atoms with van der Waals surface area (Å²) in [6, 6.07) is 11.0. The second-order valence-electron chi connectivity index (χ2n) is 11.8. The summed E-state index contributed by atoms with van der Waals surface area (Å²) in [6.45, 7) is 1.73. The molecule has 3 saturated heterocycles. The van der Waals surface area contributed by atoms with Gasteiger partial charge in [-0.1, -0.05) is 29.8 Å². The summed E-state index contributed by atoms with van der Waals surface area (Å²) in [6.07, 6.45) is 6.98. The molecule has 0 saturated carbocycles. The van der Waals surface area contributed by atoms with E-state index in [9.17, 15) is 13.2 Å². The van der Waals surface area contributed by atoms with E-state index in [1.165, 1.54) is 6.07 Å². The standard InChI is InChI=1S/C31H42ClFN4O4S/c32-22-11-9-21(10-12-22)26(16-14-25-6-1-2-17-41-25)30(34)31(38)36-29-8-3-7-28(33)27(29)15-13-24-19-35-23-5-4-18-42(39,40)37(24)20-23/h3,7-12,23-26,30,35H,1-2,4-6,13-20,34H2,(H,36,38)/t23?,24?,25?,26-,30+/m1/s1. The number of carbonyl (C=O) groups is 1. The van der Waals surface area contributed by atoms with Gasteiger partial charge < -0.3 is 21.1 Å². The second-order valence-corrected chi connectivity index (χ2v) is 14.3. The monoisotopic (exact) mass is 620 g/mol. The van der Waals surface area contributed by atoms with Crippen molar-refractivity contribution in [3.63, 3.8) is 0 Å². The van der Waals surface area contributed by atoms with E-state index in [-0.39, 0.29) is 36.3 Å². The van der Waals surface area contributed by atoms with Crippen LogP contribution in [-0.4, -0.2) is 68.3 Å². The van der Waals surface area contributed by atoms with Crippen molar-refractivity contribution in [3.05, 3.63) is 64.4 Å². The van der Waals surface area contributed by atoms with Crippen LogP contribution in [-0.2, 0) is 26.0 Å². The van der Waals surface area contributed by atoms with Gasteiger partial charge in [0.2, 0.25) is 15.9 Å². The molecule has 3 aliphatic heterocycles. The van der Waals surface area contributed by atoms with Gasteiger partial charge in [0.1, 0.15) is 5.82 Å². The van der Waals surface area contributed by atoms with Crippen LogP contribution < -0.4 is 16.4 Å². The highest BCUT2D eigenvalue weighted by Gasteiger charge is 2.38. The number of benzene rings is 2. The molecule has 4 unspecified atom stereocenters. The van der Waals surface area contributed by atoms with Crippen LogP contribution in [0.5, 0.6) is 0 Å². The first-order chi connectivity index (χ1) is 20.2. The van der Waals surface area contributed by atoms with Crippen molar-refractivity contribution in [2.45, 2.75) is 87.9 Å². The zero-order valence-electron chi connectivity index (χ0n) is 23.9. The third kappa shape index (κ3) is 7.70. The van der Waals surface area contributed by atoms with Crippen molar-refractivity contribution in [2.24, 2.45) is 5.73 Å². The molecule has 2 aromatic carbocycles. The Morgan fingerprint density at radius 3 is 2.71 bits per heavy atom. The molecule has 230 valence electrons. The van der Waals surface area contributed by atoms with Gasteiger partial charge in [-0.05, 0) is 87.6 Å². The highest BCUT2D eigenvalue weighted by Crippen LogP contribution is 2.31. The Labute approximate surface area is 253 Å². The molecule has 0 aliphatic carbocycles. The van der Waals surface area contributed by atoms with E-state index in [2.05, 4.69) is 10.6 Å². The van der Waals surface area contributed by atoms with Gasteiger partial charge in [0.25, 0.3) is 0 Å². The number of fused-ring (bicyclic) bond motifs is 2. The number of nitrogens with one attached hydrogen (secondary N) is 2. The minimum absolute atomic E-state index is 0.141. The van der Waals surface area contributed by atoms with Crippen LogP contribution in [0.2, 0.25) is 5.02 Å². The number of hydrogen-bond acceptors (Lipinski definition) is 6. The van der Waals surface area contributed by atoms with E-state index in [0.29, 0.717) is 48.6 Å². The zero-order valence-corrected chi connectivity index (χ0v) is 25.5. The Kier molecular flexibility index (Phi) is 10.6. The lowest BCUT2D eigenvalue weighted by molar-refractivity contribution is -0.118. The fraction of sp³-hybridized carbons (Fsp3) is 0.581. The summed E-state index contributed by atoms with van der Waals surface area (Å²) in [5.41, 5.74) is 8.24. The molecule has 8 nitrogen and oxygen atoms in total. The quantitative estimate of drug-likeness (QED) is 0.358. The molecular formula is C31H42ClFN4O4S. The van der Waals surface area contributed by atoms with Gasteiger partial charge >= 0.3 is 0 Å². The molecule has 42 heavy (non-hydrogen) atoms. The van der Waals surface area contributed by atoms with Crippen molar-refractivity contribution in [1.82, 2.24) is 9.62 Å². The van der Waals surface area contributed by atoms with E-state index in [1.807, 2.05) is 12.1 Å². The maximum absolute atomic E-state index is 15.2. The molecule has 0 aromatic heterocycles. The molecule has 4 N–H and O–H groups in total. The highest BCUT2D eigenvalue weighted by atomic mass is 35.5. The number of halogens is 2. The largest absolute Gasteiger partial charge is 0.378 e. The third-order valence-electron chi connectivity index (χ3n) is 8.97. The van der Waals surface area contributed by atoms with Gasteiger partial charge in [0, 0.05) is 54.0 Å². The van der Waals surface area contributed by atoms with Crippen LogP contribution in [0.25, 0.3) is 0 Å². The number of nitrogens with two attached hydrogens (primary N) is 1. The molecule has 3 fully saturated rings. The van der Waals surface area contributed by atoms with Gasteiger partial charge in [-0.2, -0.15) is 4.31 Å². The molecule has 6 atom stereocenters. The van der Waals surface area contributed by atoms with E-state index >= 15 is 4.39 Å². The number of piperazine rings is 1. The van der Waals surface area contributed by atoms with Crippen molar-refractivity contribution in [1.29, 1.82) is 0 Å². The Bertz CT molecular complexity index is 1320. The maximum Gasteiger partial charge on any atom is 0.241 e. The number of amides is 1. The maximum atomic E-state index is 15.2. The summed E-state index contributed by atoms with van der Waals surface area (Å²) >= 11 is 6.13. The molecule has 5 rings (SSSR count). The van der Waals surface area contributed by atoms with Gasteiger partial charge in [0.15, 0.2) is 0 Å². The minimum atomic E-state index is -3.35. The van der Waals surface area contributed by atoms with E-state index in [0.717, 1.165) is 44.3 Å². The lowest BCUT2D eigenvalue weighted by Gasteiger charge is -2.37. The lowest BCUT2D eigenvalue weighted by Crippen LogP contribution is -2.57. The lowest BCUT2D eigenvalue weighted by atomic mass is 9.85. The predicted molar refractivity (Wildman–Crippen MR) is 164 cm³/mol. The van der Waals surface area contributed by atoms with Crippen molar-refractivity contribution in [2.75, 3.05) is 30.8 Å². The topological polar surface area (TPSA) is 114 Å². The van der Waals surface area contributed by atoms with E-state index in [4.69, 9.17) is 22.1 Å². The molecular weight excluding hydrogens is 579 g/mol. The first kappa shape index (κ1) is 31.3. The van der Waals surface area contributed by atoms with E-state index < -0.39 is 27.8 Å². The molecule has 11 heteroatoms. The van der Waals surface area contributed by atoms with Gasteiger partial charge in [-0.3, -0.25) is 4.79 Å². The van der Waals surface area contributed by atoms with Crippen LogP contribution in [0.1, 0.15) is 68.4 Å². The fourth-order valence-electron chi connectivity index (χ4n) is 6.55. The van der Waals surface area contributed by atoms with Crippen LogP contribution >= 0.6 is 11.6 Å². The minimum Gasteiger partial charge on any atom is -0.378 e. The Morgan fingerprint density at radius 1 is 1.14 bits per heavy atom. The SMILES string of the molecule is N[C@H](C(=O)Nc1cccc(F)c1CCC1CNC2CCCS(=O)(=O)N1C2)[C@H](CCC1CCCCO1)c1ccc(Cl)cc1. The molecule has 3 heterocycles. The Balaban J connectivity index is 1.29. The third-order valence-corrected chi connectivity index (χ3v) is 11.2. The number of nitrogens with zero attached hydrogens (tertiary/aromatic N) is 1. The number of ether oxygens (including phenoxy) is 1. The normalized spacial score (nSPS) is 27.0. The number of rotatable bonds is 10. The predicted octanol–water partition coefficient (Wildman–Crippen LogP) is 4.58. The first-order valence-corrected chi connectivity index (χ1v) is 17.1. The first-order valence-electron chi connectivity index (χ1n) is 15.1. The van der Waals surface area contributed by atoms with Crippen molar-refractivity contribution < 1.29 is 22.3 Å². The van der Waals surface area contributed by atoms with Gasteiger partial charge in [-0.15, -0.1) is 0 Å². The van der Waals surface area contributed by atoms with Crippen LogP contribution in [0, 0.1) is 5.82 Å². The van der Waals surface area contributed by atoms with E-state index in [1.54, 1.807) is 28.6 Å². The smallest absolute Gasteiger partial charge is 0.241 e. The van der Waals surface area contributed by atoms with Gasteiger partial charge in [0.05, 0.1) is 17.9 Å². The van der Waals surface area contributed by atoms with Crippen LogP contribution in [0.15, 0.2) is 42.5 Å². The summed E-state index contributed by atoms with van der Waals surface area (Å²) < 4.78 is 48.4. The zero-order chi connectivity index (χ0) is 29.7. The summed E-state index contributed by atoms with van der Waals surface area (Å²) in [7, 11) is -3.35. The average molecular weight is 621 g/mol. The summed E-state index contributed by atoms with van der Waals surface area (Å²) in [5.74, 6) is -0.976. The second kappa shape index (κ2) is 14.1. The number of carbonyl (C=O) groups excluding carboxylic acids is 1. The average Bonchev–Trinajstić information content (AvgIpc) is 3.10. The number of anilines is 1. The highest BCUT2D eigenvalue weighted by molar-refractivity contribution is 7.89. The molecule has 2 aromatic rings. The van der Waals surface area contributed by atoms with Crippen molar-refractivity contribution in [3.8, 4) is 0 Å². The molecule has 1 amide bonds. The number of sulfonamides is 1. The van der Waals surface area contributed by atoms with Gasteiger partial charge in [-0.25, -0.2) is 12.8 Å². The molecule has 2 bridgehead atoms. The summed E-state index contributed by atoms with van der Waals surface area (Å²) in [4.78, 5) is 13.6. The summed E-state index contributed by atoms with van der Waals surface area (Å²) in [5, 5.41) is 6.96. The van der Waals surface area contributed by atoms with Crippen molar-refractivity contribution >= 4 is 33.2 Å². The number of hydrogen-bond donors (Lipinski definition) is 3. The molecule has 0 radical (unpaired) electrons.